The Kier molecular flexibility index (Phi) is 2.94. The van der Waals surface area contributed by atoms with Gasteiger partial charge in [0.25, 0.3) is 0 Å². The topological polar surface area (TPSA) is 57.6 Å². The molecule has 96 valence electrons. The molecule has 1 amide bonds. The predicted molar refractivity (Wildman–Crippen MR) is 70.4 cm³/mol. The first-order chi connectivity index (χ1) is 8.58. The average molecular weight is 330 g/mol. The second kappa shape index (κ2) is 4.35. The number of aliphatic carboxylic acids is 1. The lowest BCUT2D eigenvalue weighted by Crippen LogP contribution is -2.31. The number of thiophene rings is 1. The van der Waals surface area contributed by atoms with Crippen molar-refractivity contribution in [3.63, 3.8) is 0 Å². The highest BCUT2D eigenvalue weighted by Gasteiger charge is 2.50. The van der Waals surface area contributed by atoms with Crippen LogP contribution in [-0.4, -0.2) is 27.9 Å². The summed E-state index contributed by atoms with van der Waals surface area (Å²) in [5.41, 5.74) is 0. The molecule has 1 aliphatic heterocycles. The van der Waals surface area contributed by atoms with Gasteiger partial charge in [0.1, 0.15) is 0 Å². The molecule has 0 spiro atoms. The van der Waals surface area contributed by atoms with E-state index in [1.165, 1.54) is 11.3 Å². The lowest BCUT2D eigenvalue weighted by Gasteiger charge is -2.25. The Bertz CT molecular complexity index is 511. The molecule has 2 heterocycles. The van der Waals surface area contributed by atoms with Crippen molar-refractivity contribution < 1.29 is 14.7 Å². The van der Waals surface area contributed by atoms with E-state index in [0.717, 1.165) is 22.2 Å². The summed E-state index contributed by atoms with van der Waals surface area (Å²) in [6, 6.07) is 1.91. The number of halogens is 1. The van der Waals surface area contributed by atoms with Gasteiger partial charge >= 0.3 is 5.97 Å². The molecule has 1 aromatic rings. The number of carbonyl (C=O) groups is 2. The third-order valence-electron chi connectivity index (χ3n) is 3.50. The number of carbonyl (C=O) groups excluding carboxylic acids is 1. The van der Waals surface area contributed by atoms with E-state index in [1.54, 1.807) is 4.90 Å². The Morgan fingerprint density at radius 3 is 2.72 bits per heavy atom. The van der Waals surface area contributed by atoms with E-state index in [2.05, 4.69) is 15.9 Å². The molecular formula is C12H12BrNO3S. The number of likely N-dealkylation sites (tertiary alicyclic amines) is 1. The van der Waals surface area contributed by atoms with Crippen LogP contribution in [0.15, 0.2) is 15.9 Å². The zero-order valence-corrected chi connectivity index (χ0v) is 11.9. The van der Waals surface area contributed by atoms with Gasteiger partial charge < -0.3 is 10.0 Å². The quantitative estimate of drug-likeness (QED) is 0.927. The van der Waals surface area contributed by atoms with Crippen LogP contribution in [0.3, 0.4) is 0 Å². The minimum atomic E-state index is -0.874. The smallest absolute Gasteiger partial charge is 0.309 e. The van der Waals surface area contributed by atoms with Crippen LogP contribution in [0.2, 0.25) is 0 Å². The number of hydrogen-bond acceptors (Lipinski definition) is 3. The monoisotopic (exact) mass is 329 g/mol. The summed E-state index contributed by atoms with van der Waals surface area (Å²) in [6.45, 7) is 0. The minimum absolute atomic E-state index is 0.0144. The van der Waals surface area contributed by atoms with Crippen LogP contribution in [0.5, 0.6) is 0 Å². The van der Waals surface area contributed by atoms with Gasteiger partial charge in [0.15, 0.2) is 0 Å². The highest BCUT2D eigenvalue weighted by molar-refractivity contribution is 9.10. The molecule has 2 fully saturated rings. The largest absolute Gasteiger partial charge is 0.481 e. The van der Waals surface area contributed by atoms with Crippen molar-refractivity contribution in [1.82, 2.24) is 4.90 Å². The minimum Gasteiger partial charge on any atom is -0.481 e. The van der Waals surface area contributed by atoms with Crippen LogP contribution in [0.4, 0.5) is 0 Å². The molecule has 1 N–H and O–H groups in total. The number of amides is 1. The zero-order valence-electron chi connectivity index (χ0n) is 9.51. The number of nitrogens with zero attached hydrogens (tertiary/aromatic N) is 1. The van der Waals surface area contributed by atoms with Gasteiger partial charge in [0.05, 0.1) is 12.0 Å². The zero-order chi connectivity index (χ0) is 12.9. The van der Waals surface area contributed by atoms with Crippen LogP contribution in [-0.2, 0) is 9.59 Å². The maximum absolute atomic E-state index is 12.0. The van der Waals surface area contributed by atoms with E-state index in [-0.39, 0.29) is 24.4 Å². The third kappa shape index (κ3) is 1.97. The molecule has 1 saturated heterocycles. The Balaban J connectivity index is 1.98. The van der Waals surface area contributed by atoms with Crippen molar-refractivity contribution in [2.24, 2.45) is 5.92 Å². The summed E-state index contributed by atoms with van der Waals surface area (Å²) < 4.78 is 0.946. The van der Waals surface area contributed by atoms with Gasteiger partial charge in [-0.25, -0.2) is 0 Å². The fraction of sp³-hybridized carbons (Fsp3) is 0.500. The highest BCUT2D eigenvalue weighted by Crippen LogP contribution is 2.46. The van der Waals surface area contributed by atoms with Crippen LogP contribution >= 0.6 is 27.3 Å². The maximum Gasteiger partial charge on any atom is 0.309 e. The van der Waals surface area contributed by atoms with Crippen LogP contribution < -0.4 is 0 Å². The Morgan fingerprint density at radius 1 is 1.50 bits per heavy atom. The Labute approximate surface area is 117 Å². The van der Waals surface area contributed by atoms with Crippen LogP contribution in [0.1, 0.15) is 30.2 Å². The van der Waals surface area contributed by atoms with Gasteiger partial charge in [-0.1, -0.05) is 0 Å². The van der Waals surface area contributed by atoms with E-state index in [1.807, 2.05) is 11.4 Å². The summed E-state index contributed by atoms with van der Waals surface area (Å²) in [6.07, 6.45) is 2.13. The Morgan fingerprint density at radius 2 is 2.22 bits per heavy atom. The van der Waals surface area contributed by atoms with Crippen molar-refractivity contribution in [1.29, 1.82) is 0 Å². The first-order valence-corrected chi connectivity index (χ1v) is 7.53. The molecule has 4 nitrogen and oxygen atoms in total. The lowest BCUT2D eigenvalue weighted by atomic mass is 9.99. The molecule has 1 aliphatic carbocycles. The fourth-order valence-corrected chi connectivity index (χ4v) is 4.19. The van der Waals surface area contributed by atoms with Crippen molar-refractivity contribution in [3.8, 4) is 0 Å². The molecule has 1 saturated carbocycles. The van der Waals surface area contributed by atoms with Crippen molar-refractivity contribution in [2.45, 2.75) is 31.3 Å². The summed E-state index contributed by atoms with van der Waals surface area (Å²) in [4.78, 5) is 26.1. The number of hydrogen-bond donors (Lipinski definition) is 1. The number of carboxylic acids is 1. The molecule has 2 atom stereocenters. The lowest BCUT2D eigenvalue weighted by molar-refractivity contribution is -0.142. The van der Waals surface area contributed by atoms with Crippen molar-refractivity contribution >= 4 is 39.1 Å². The molecule has 0 bridgehead atoms. The van der Waals surface area contributed by atoms with Gasteiger partial charge in [-0.3, -0.25) is 9.59 Å². The van der Waals surface area contributed by atoms with Crippen LogP contribution in [0.25, 0.3) is 0 Å². The number of carboxylic acid groups (broad SMARTS) is 1. The second-order valence-electron chi connectivity index (χ2n) is 4.79. The van der Waals surface area contributed by atoms with Crippen LogP contribution in [0, 0.1) is 5.92 Å². The molecule has 6 heteroatoms. The molecule has 2 unspecified atom stereocenters. The molecule has 3 rings (SSSR count). The van der Waals surface area contributed by atoms with Crippen molar-refractivity contribution in [3.05, 3.63) is 20.8 Å². The molecule has 1 aromatic heterocycles. The maximum atomic E-state index is 12.0. The van der Waals surface area contributed by atoms with Gasteiger partial charge in [-0.2, -0.15) is 0 Å². The SMILES string of the molecule is O=C(O)C1CC(=O)N(C2CC2)C1c1cc(Br)cs1. The first kappa shape index (κ1) is 12.2. The van der Waals surface area contributed by atoms with E-state index < -0.39 is 11.9 Å². The number of rotatable bonds is 3. The summed E-state index contributed by atoms with van der Waals surface area (Å²) in [5, 5.41) is 11.2. The van der Waals surface area contributed by atoms with Crippen molar-refractivity contribution in [2.75, 3.05) is 0 Å². The second-order valence-corrected chi connectivity index (χ2v) is 6.65. The Hall–Kier alpha value is -0.880. The van der Waals surface area contributed by atoms with E-state index >= 15 is 0 Å². The van der Waals surface area contributed by atoms with E-state index in [0.29, 0.717) is 0 Å². The normalized spacial score (nSPS) is 27.8. The van der Waals surface area contributed by atoms with Gasteiger partial charge in [0, 0.05) is 27.2 Å². The molecular weight excluding hydrogens is 318 g/mol. The molecule has 0 radical (unpaired) electrons. The standard InChI is InChI=1S/C12H12BrNO3S/c13-6-3-9(18-5-6)11-8(12(16)17)4-10(15)14(11)7-1-2-7/h3,5,7-8,11H,1-2,4H2,(H,16,17). The van der Waals surface area contributed by atoms with Gasteiger partial charge in [-0.15, -0.1) is 11.3 Å². The average Bonchev–Trinajstić information content (AvgIpc) is 2.95. The summed E-state index contributed by atoms with van der Waals surface area (Å²) in [7, 11) is 0. The predicted octanol–water partition coefficient (Wildman–Crippen LogP) is 2.65. The van der Waals surface area contributed by atoms with Gasteiger partial charge in [-0.05, 0) is 34.8 Å². The highest BCUT2D eigenvalue weighted by atomic mass is 79.9. The summed E-state index contributed by atoms with van der Waals surface area (Å²) >= 11 is 4.90. The van der Waals surface area contributed by atoms with Gasteiger partial charge in [0.2, 0.25) is 5.91 Å². The van der Waals surface area contributed by atoms with E-state index in [4.69, 9.17) is 0 Å². The summed E-state index contributed by atoms with van der Waals surface area (Å²) in [5.74, 6) is -1.50. The molecule has 18 heavy (non-hydrogen) atoms. The molecule has 2 aliphatic rings. The van der Waals surface area contributed by atoms with E-state index in [9.17, 15) is 14.7 Å². The fourth-order valence-electron chi connectivity index (χ4n) is 2.58. The molecule has 0 aromatic carbocycles. The first-order valence-electron chi connectivity index (χ1n) is 5.86. The third-order valence-corrected chi connectivity index (χ3v) is 5.26.